The van der Waals surface area contributed by atoms with E-state index in [2.05, 4.69) is 67.0 Å². The molecule has 4 nitrogen and oxygen atoms in total. The first-order valence-corrected chi connectivity index (χ1v) is 13.5. The zero-order valence-corrected chi connectivity index (χ0v) is 21.9. The average molecular weight is 509 g/mol. The highest BCUT2D eigenvalue weighted by Gasteiger charge is 2.22. The maximum absolute atomic E-state index is 5.08. The van der Waals surface area contributed by atoms with E-state index in [4.69, 9.17) is 15.0 Å². The van der Waals surface area contributed by atoms with E-state index >= 15 is 0 Å². The van der Waals surface area contributed by atoms with E-state index in [0.29, 0.717) is 17.6 Å². The molecular weight excluding hydrogens is 484 g/mol. The molecule has 0 aliphatic rings. The summed E-state index contributed by atoms with van der Waals surface area (Å²) < 4.78 is 4.74. The predicted octanol–water partition coefficient (Wildman–Crippen LogP) is 8.86. The summed E-state index contributed by atoms with van der Waals surface area (Å²) in [5.41, 5.74) is 5.35. The number of thiophene rings is 1. The Morgan fingerprint density at radius 1 is 0.658 bits per heavy atom. The summed E-state index contributed by atoms with van der Waals surface area (Å²) in [6.07, 6.45) is 4.24. The van der Waals surface area contributed by atoms with E-state index < -0.39 is 0 Å². The van der Waals surface area contributed by atoms with Crippen molar-refractivity contribution in [1.29, 1.82) is 0 Å². The number of nitrogens with zero attached hydrogens (tertiary/aromatic N) is 4. The fourth-order valence-electron chi connectivity index (χ4n) is 5.19. The molecule has 0 fully saturated rings. The van der Waals surface area contributed by atoms with Crippen LogP contribution in [0.4, 0.5) is 0 Å². The van der Waals surface area contributed by atoms with Crippen molar-refractivity contribution in [3.8, 4) is 28.7 Å². The Morgan fingerprint density at radius 2 is 1.26 bits per heavy atom. The first-order valence-electron chi connectivity index (χ1n) is 12.7. The highest BCUT2D eigenvalue weighted by molar-refractivity contribution is 7.26. The Morgan fingerprint density at radius 3 is 1.92 bits per heavy atom. The van der Waals surface area contributed by atoms with Crippen LogP contribution < -0.4 is 0 Å². The van der Waals surface area contributed by atoms with Crippen molar-refractivity contribution in [2.24, 2.45) is 0 Å². The number of hydrogen-bond donors (Lipinski definition) is 0. The molecule has 3 aromatic heterocycles. The second kappa shape index (κ2) is 9.05. The van der Waals surface area contributed by atoms with E-state index in [9.17, 15) is 0 Å². The van der Waals surface area contributed by atoms with Crippen molar-refractivity contribution < 1.29 is 0 Å². The van der Waals surface area contributed by atoms with Gasteiger partial charge in [0.1, 0.15) is 0 Å². The third-order valence-electron chi connectivity index (χ3n) is 6.99. The molecule has 0 N–H and O–H groups in total. The Hall–Kier alpha value is -4.61. The summed E-state index contributed by atoms with van der Waals surface area (Å²) in [6.45, 7) is 4.24. The highest BCUT2D eigenvalue weighted by Crippen LogP contribution is 2.42. The van der Waals surface area contributed by atoms with Gasteiger partial charge in [0, 0.05) is 32.0 Å². The normalized spacial score (nSPS) is 11.8. The summed E-state index contributed by atoms with van der Waals surface area (Å²) in [5.74, 6) is 1.93. The van der Waals surface area contributed by atoms with Crippen LogP contribution >= 0.6 is 11.3 Å². The fourth-order valence-corrected chi connectivity index (χ4v) is 6.43. The van der Waals surface area contributed by atoms with Gasteiger partial charge in [-0.3, -0.25) is 4.57 Å². The minimum Gasteiger partial charge on any atom is -0.277 e. The van der Waals surface area contributed by atoms with Crippen LogP contribution in [-0.4, -0.2) is 19.5 Å². The third-order valence-corrected chi connectivity index (χ3v) is 8.18. The van der Waals surface area contributed by atoms with Crippen LogP contribution in [-0.2, 0) is 0 Å². The topological polar surface area (TPSA) is 43.6 Å². The molecule has 0 bridgehead atoms. The predicted molar refractivity (Wildman–Crippen MR) is 160 cm³/mol. The lowest BCUT2D eigenvalue weighted by Gasteiger charge is -2.12. The van der Waals surface area contributed by atoms with Crippen molar-refractivity contribution in [2.75, 3.05) is 0 Å². The third kappa shape index (κ3) is 3.55. The van der Waals surface area contributed by atoms with Crippen LogP contribution in [0, 0.1) is 6.92 Å². The maximum Gasteiger partial charge on any atom is 0.238 e. The molecule has 0 radical (unpaired) electrons. The summed E-state index contributed by atoms with van der Waals surface area (Å²) in [7, 11) is 0. The van der Waals surface area contributed by atoms with Gasteiger partial charge in [-0.25, -0.2) is 4.98 Å². The van der Waals surface area contributed by atoms with E-state index in [1.54, 1.807) is 0 Å². The van der Waals surface area contributed by atoms with Gasteiger partial charge >= 0.3 is 0 Å². The Labute approximate surface area is 224 Å². The molecule has 38 heavy (non-hydrogen) atoms. The number of rotatable bonds is 4. The van der Waals surface area contributed by atoms with Crippen LogP contribution in [0.2, 0.25) is 0 Å². The van der Waals surface area contributed by atoms with Crippen LogP contribution in [0.1, 0.15) is 18.2 Å². The van der Waals surface area contributed by atoms with Crippen molar-refractivity contribution in [3.63, 3.8) is 0 Å². The molecule has 0 saturated carbocycles. The smallest absolute Gasteiger partial charge is 0.238 e. The molecule has 0 amide bonds. The quantitative estimate of drug-likeness (QED) is 0.238. The molecule has 0 aliphatic heterocycles. The van der Waals surface area contributed by atoms with Crippen LogP contribution in [0.15, 0.2) is 103 Å². The molecule has 0 aliphatic carbocycles. The standard InChI is InChI=1S/C33H24N4S/c1-3-12-27-21(2)24-19-20-26-25-17-10-11-18-28(25)38-30(26)29(24)37(27)33-35-31(22-13-6-4-7-14-22)34-32(36-33)23-15-8-5-9-16-23/h3-20H,1-2H3/b12-3-. The second-order valence-electron chi connectivity index (χ2n) is 9.30. The number of benzene rings is 4. The molecule has 4 aromatic carbocycles. The van der Waals surface area contributed by atoms with Crippen molar-refractivity contribution in [2.45, 2.75) is 13.8 Å². The lowest BCUT2D eigenvalue weighted by atomic mass is 10.1. The first-order chi connectivity index (χ1) is 18.7. The minimum atomic E-state index is 0.619. The van der Waals surface area contributed by atoms with Gasteiger partial charge in [0.05, 0.1) is 15.9 Å². The van der Waals surface area contributed by atoms with Gasteiger partial charge < -0.3 is 0 Å². The zero-order chi connectivity index (χ0) is 25.6. The maximum atomic E-state index is 5.08. The number of hydrogen-bond acceptors (Lipinski definition) is 4. The number of aryl methyl sites for hydroxylation is 1. The molecule has 3 heterocycles. The lowest BCUT2D eigenvalue weighted by molar-refractivity contribution is 0.925. The van der Waals surface area contributed by atoms with Gasteiger partial charge in [0.25, 0.3) is 0 Å². The van der Waals surface area contributed by atoms with Crippen molar-refractivity contribution >= 4 is 48.5 Å². The monoisotopic (exact) mass is 508 g/mol. The molecule has 0 saturated heterocycles. The van der Waals surface area contributed by atoms with E-state index in [1.165, 1.54) is 31.1 Å². The van der Waals surface area contributed by atoms with Crippen LogP contribution in [0.25, 0.3) is 65.9 Å². The van der Waals surface area contributed by atoms with Gasteiger partial charge in [-0.2, -0.15) is 9.97 Å². The first kappa shape index (κ1) is 22.6. The van der Waals surface area contributed by atoms with E-state index in [-0.39, 0.29) is 0 Å². The molecule has 0 spiro atoms. The SMILES string of the molecule is C/C=C\c1c(C)c2ccc3c4ccccc4sc3c2n1-c1nc(-c2ccccc2)nc(-c2ccccc2)n1. The van der Waals surface area contributed by atoms with Gasteiger partial charge in [-0.15, -0.1) is 11.3 Å². The highest BCUT2D eigenvalue weighted by atomic mass is 32.1. The lowest BCUT2D eigenvalue weighted by Crippen LogP contribution is -2.08. The number of allylic oxidation sites excluding steroid dienone is 1. The summed E-state index contributed by atoms with van der Waals surface area (Å²) in [4.78, 5) is 15.1. The van der Waals surface area contributed by atoms with Gasteiger partial charge in [-0.1, -0.05) is 97.1 Å². The number of fused-ring (bicyclic) bond motifs is 5. The number of aromatic nitrogens is 4. The molecule has 0 unspecified atom stereocenters. The van der Waals surface area contributed by atoms with Gasteiger partial charge in [0.2, 0.25) is 5.95 Å². The molecule has 7 rings (SSSR count). The van der Waals surface area contributed by atoms with Crippen LogP contribution in [0.3, 0.4) is 0 Å². The van der Waals surface area contributed by atoms with E-state index in [1.807, 2.05) is 72.0 Å². The molecule has 5 heteroatoms. The fraction of sp³-hybridized carbons (Fsp3) is 0.0606. The summed E-state index contributed by atoms with van der Waals surface area (Å²) in [5, 5.41) is 3.74. The second-order valence-corrected chi connectivity index (χ2v) is 10.3. The minimum absolute atomic E-state index is 0.619. The molecule has 0 atom stereocenters. The van der Waals surface area contributed by atoms with Crippen molar-refractivity contribution in [1.82, 2.24) is 19.5 Å². The van der Waals surface area contributed by atoms with Gasteiger partial charge in [0.15, 0.2) is 11.6 Å². The average Bonchev–Trinajstić information content (AvgIpc) is 3.49. The van der Waals surface area contributed by atoms with E-state index in [0.717, 1.165) is 22.3 Å². The Kier molecular flexibility index (Phi) is 5.38. The van der Waals surface area contributed by atoms with Crippen LogP contribution in [0.5, 0.6) is 0 Å². The summed E-state index contributed by atoms with van der Waals surface area (Å²) in [6, 6.07) is 33.4. The Balaban J connectivity index is 1.62. The zero-order valence-electron chi connectivity index (χ0n) is 21.1. The molecule has 182 valence electrons. The molecular formula is C33H24N4S. The summed E-state index contributed by atoms with van der Waals surface area (Å²) >= 11 is 1.83. The van der Waals surface area contributed by atoms with Gasteiger partial charge in [-0.05, 0) is 31.6 Å². The molecule has 7 aromatic rings. The van der Waals surface area contributed by atoms with Crippen molar-refractivity contribution in [3.05, 3.63) is 114 Å². The largest absolute Gasteiger partial charge is 0.277 e. The Bertz CT molecular complexity index is 1930.